The number of amides is 5. The summed E-state index contributed by atoms with van der Waals surface area (Å²) in [5, 5.41) is 5.63. The Morgan fingerprint density at radius 1 is 0.922 bits per heavy atom. The fourth-order valence-electron chi connectivity index (χ4n) is 6.91. The Bertz CT molecular complexity index is 2530. The van der Waals surface area contributed by atoms with Crippen LogP contribution >= 0.6 is 11.3 Å². The number of carbonyl (C=O) groups excluding carboxylic acids is 7. The molecule has 16 nitrogen and oxygen atoms in total. The molecule has 1 saturated heterocycles. The van der Waals surface area contributed by atoms with Gasteiger partial charge in [0.15, 0.2) is 9.84 Å². The maximum absolute atomic E-state index is 14.7. The summed E-state index contributed by atoms with van der Waals surface area (Å²) in [6.07, 6.45) is 3.52. The van der Waals surface area contributed by atoms with Gasteiger partial charge in [0.1, 0.15) is 16.3 Å². The maximum atomic E-state index is 14.7. The molecule has 1 aliphatic heterocycles. The van der Waals surface area contributed by atoms with Crippen molar-refractivity contribution in [2.45, 2.75) is 76.0 Å². The second-order valence-corrected chi connectivity index (χ2v) is 19.6. The summed E-state index contributed by atoms with van der Waals surface area (Å²) in [6, 6.07) is 20.8. The van der Waals surface area contributed by atoms with Crippen LogP contribution in [0.25, 0.3) is 6.08 Å². The first kappa shape index (κ1) is 48.4. The zero-order valence-corrected chi connectivity index (χ0v) is 37.9. The number of benzene rings is 3. The first-order valence-electron chi connectivity index (χ1n) is 20.2. The van der Waals surface area contributed by atoms with Crippen molar-refractivity contribution in [1.82, 2.24) is 15.5 Å². The van der Waals surface area contributed by atoms with Gasteiger partial charge in [0.2, 0.25) is 29.7 Å². The molecule has 3 atom stereocenters. The lowest BCUT2D eigenvalue weighted by Crippen LogP contribution is -2.57. The Labute approximate surface area is 375 Å². The summed E-state index contributed by atoms with van der Waals surface area (Å²) >= 11 is 0.888. The molecule has 4 aromatic rings. The number of primary amides is 1. The normalized spacial score (nSPS) is 14.9. The third-order valence-electron chi connectivity index (χ3n) is 10.3. The average Bonchev–Trinajstić information content (AvgIpc) is 3.97. The minimum Gasteiger partial charge on any atom is -0.466 e. The number of sulfone groups is 1. The molecule has 18 heteroatoms. The van der Waals surface area contributed by atoms with Crippen LogP contribution in [0, 0.1) is 5.41 Å². The highest BCUT2D eigenvalue weighted by Gasteiger charge is 2.43. The van der Waals surface area contributed by atoms with E-state index in [0.717, 1.165) is 28.7 Å². The van der Waals surface area contributed by atoms with Crippen LogP contribution in [-0.2, 0) is 56.4 Å². The van der Waals surface area contributed by atoms with Crippen molar-refractivity contribution in [2.75, 3.05) is 24.8 Å². The molecule has 0 radical (unpaired) electrons. The molecule has 0 saturated carbocycles. The Kier molecular flexibility index (Phi) is 15.6. The number of esters is 2. The number of hydrogen-bond donors (Lipinski definition) is 3. The number of thiophene rings is 1. The van der Waals surface area contributed by atoms with Crippen LogP contribution in [0.3, 0.4) is 0 Å². The van der Waals surface area contributed by atoms with Gasteiger partial charge in [-0.3, -0.25) is 28.8 Å². The number of hydrogen-bond acceptors (Lipinski definition) is 12. The van der Waals surface area contributed by atoms with E-state index in [1.807, 2.05) is 20.8 Å². The van der Waals surface area contributed by atoms with E-state index >= 15 is 0 Å². The molecule has 1 fully saturated rings. The maximum Gasteiger partial charge on any atom is 0.351 e. The van der Waals surface area contributed by atoms with Crippen molar-refractivity contribution in [3.8, 4) is 0 Å². The SMILES string of the molecule is COC(=O)C(OC(C)=O)c1ccc(/C=C/C(=O)NC(C(=O)N2CCCC2C(=O)N(Cc2ccc(CNC(=O)c3ccc(S(C)(=O)=O)s3)cc2)c2ccc(C(N)=O)cc2)C(C)(C)C)cc1. The molecule has 0 spiro atoms. The van der Waals surface area contributed by atoms with Gasteiger partial charge >= 0.3 is 11.9 Å². The minimum absolute atomic E-state index is 0.0850. The summed E-state index contributed by atoms with van der Waals surface area (Å²) in [6.45, 7) is 7.13. The second-order valence-electron chi connectivity index (χ2n) is 16.2. The van der Waals surface area contributed by atoms with Gasteiger partial charge < -0.3 is 35.6 Å². The Hall–Kier alpha value is -6.66. The number of anilines is 1. The van der Waals surface area contributed by atoms with Crippen LogP contribution in [0.4, 0.5) is 5.69 Å². The van der Waals surface area contributed by atoms with Gasteiger partial charge in [0, 0.05) is 49.2 Å². The van der Waals surface area contributed by atoms with Crippen molar-refractivity contribution in [2.24, 2.45) is 11.1 Å². The summed E-state index contributed by atoms with van der Waals surface area (Å²) < 4.78 is 33.6. The van der Waals surface area contributed by atoms with Crippen LogP contribution in [0.15, 0.2) is 95.2 Å². The molecule has 0 aliphatic carbocycles. The fraction of sp³-hybridized carbons (Fsp3) is 0.326. The molecule has 3 aromatic carbocycles. The van der Waals surface area contributed by atoms with Gasteiger partial charge in [-0.15, -0.1) is 11.3 Å². The molecule has 4 N–H and O–H groups in total. The second kappa shape index (κ2) is 20.7. The molecule has 338 valence electrons. The molecule has 2 heterocycles. The number of ether oxygens (including phenoxy) is 2. The van der Waals surface area contributed by atoms with Crippen molar-refractivity contribution < 1.29 is 51.5 Å². The van der Waals surface area contributed by atoms with E-state index in [1.165, 1.54) is 60.3 Å². The standard InChI is InChI=1S/C46H51N5O11S2/c1-28(52)62-39(45(58)61-5)32-16-13-29(14-17-32)15-23-37(53)49-40(46(2,3)4)44(57)50-25-7-8-35(50)43(56)51(34-20-18-33(19-21-34)41(47)54)27-31-11-9-30(10-12-31)26-48-42(55)36-22-24-38(63-36)64(6,59)60/h9-24,35,39-40H,7-8,25-27H2,1-6H3,(H2,47,54)(H,48,55)(H,49,53)/b23-15+. The number of nitrogens with two attached hydrogens (primary N) is 1. The van der Waals surface area contributed by atoms with Crippen LogP contribution in [-0.4, -0.2) is 86.8 Å². The summed E-state index contributed by atoms with van der Waals surface area (Å²) in [5.74, 6) is -3.82. The Balaban J connectivity index is 1.31. The zero-order chi connectivity index (χ0) is 46.9. The molecule has 3 unspecified atom stereocenters. The van der Waals surface area contributed by atoms with Crippen LogP contribution in [0.1, 0.15) is 88.9 Å². The van der Waals surface area contributed by atoms with Crippen LogP contribution in [0.5, 0.6) is 0 Å². The van der Waals surface area contributed by atoms with E-state index in [4.69, 9.17) is 15.2 Å². The number of methoxy groups -OCH3 is 1. The summed E-state index contributed by atoms with van der Waals surface area (Å²) in [4.78, 5) is 94.1. The van der Waals surface area contributed by atoms with E-state index < -0.39 is 69.0 Å². The van der Waals surface area contributed by atoms with Crippen LogP contribution in [0.2, 0.25) is 0 Å². The molecule has 5 amide bonds. The topological polar surface area (TPSA) is 229 Å². The lowest BCUT2D eigenvalue weighted by molar-refractivity contribution is -0.165. The summed E-state index contributed by atoms with van der Waals surface area (Å²) in [5.41, 5.74) is 7.86. The number of nitrogens with zero attached hydrogens (tertiary/aromatic N) is 2. The van der Waals surface area contributed by atoms with Crippen molar-refractivity contribution in [1.29, 1.82) is 0 Å². The lowest BCUT2D eigenvalue weighted by atomic mass is 9.85. The highest BCUT2D eigenvalue weighted by Crippen LogP contribution is 2.30. The van der Waals surface area contributed by atoms with E-state index in [0.29, 0.717) is 29.7 Å². The first-order valence-corrected chi connectivity index (χ1v) is 22.9. The highest BCUT2D eigenvalue weighted by atomic mass is 32.2. The van der Waals surface area contributed by atoms with E-state index in [1.54, 1.807) is 60.7 Å². The zero-order valence-electron chi connectivity index (χ0n) is 36.3. The van der Waals surface area contributed by atoms with Gasteiger partial charge in [0.25, 0.3) is 5.91 Å². The molecule has 5 rings (SSSR count). The van der Waals surface area contributed by atoms with E-state index in [-0.39, 0.29) is 40.2 Å². The number of likely N-dealkylation sites (tertiary alicyclic amines) is 1. The third kappa shape index (κ3) is 12.5. The predicted molar refractivity (Wildman–Crippen MR) is 239 cm³/mol. The van der Waals surface area contributed by atoms with Crippen molar-refractivity contribution in [3.05, 3.63) is 124 Å². The van der Waals surface area contributed by atoms with Gasteiger partial charge in [-0.2, -0.15) is 0 Å². The van der Waals surface area contributed by atoms with Gasteiger partial charge in [-0.25, -0.2) is 13.2 Å². The largest absolute Gasteiger partial charge is 0.466 e. The van der Waals surface area contributed by atoms with E-state index in [9.17, 15) is 42.0 Å². The monoisotopic (exact) mass is 913 g/mol. The quantitative estimate of drug-likeness (QED) is 0.103. The molecular weight excluding hydrogens is 863 g/mol. The lowest BCUT2D eigenvalue weighted by Gasteiger charge is -2.36. The molecule has 1 aliphatic rings. The fourth-order valence-corrected chi connectivity index (χ4v) is 8.75. The highest BCUT2D eigenvalue weighted by molar-refractivity contribution is 7.92. The third-order valence-corrected chi connectivity index (χ3v) is 13.2. The first-order chi connectivity index (χ1) is 30.2. The molecule has 1 aromatic heterocycles. The van der Waals surface area contributed by atoms with Gasteiger partial charge in [-0.05, 0) is 77.4 Å². The van der Waals surface area contributed by atoms with Crippen molar-refractivity contribution in [3.63, 3.8) is 0 Å². The molecule has 64 heavy (non-hydrogen) atoms. The predicted octanol–water partition coefficient (Wildman–Crippen LogP) is 4.73. The van der Waals surface area contributed by atoms with Gasteiger partial charge in [-0.1, -0.05) is 69.3 Å². The van der Waals surface area contributed by atoms with Crippen molar-refractivity contribution >= 4 is 74.4 Å². The number of carbonyl (C=O) groups is 7. The van der Waals surface area contributed by atoms with E-state index in [2.05, 4.69) is 10.6 Å². The Morgan fingerprint density at radius 3 is 2.12 bits per heavy atom. The number of rotatable bonds is 16. The Morgan fingerprint density at radius 2 is 1.56 bits per heavy atom. The average molecular weight is 914 g/mol. The smallest absolute Gasteiger partial charge is 0.351 e. The summed E-state index contributed by atoms with van der Waals surface area (Å²) in [7, 11) is -2.26. The number of nitrogens with one attached hydrogen (secondary N) is 2. The van der Waals surface area contributed by atoms with Crippen LogP contribution < -0.4 is 21.3 Å². The van der Waals surface area contributed by atoms with Gasteiger partial charge in [0.05, 0.1) is 18.5 Å². The molecule has 0 bridgehead atoms. The molecular formula is C46H51N5O11S2. The minimum atomic E-state index is -3.44.